The topological polar surface area (TPSA) is 60.0 Å². The van der Waals surface area contributed by atoms with E-state index in [0.29, 0.717) is 6.04 Å². The number of carbonyl (C=O) groups excluding carboxylic acids is 1. The number of nitrogens with one attached hydrogen (secondary N) is 2. The first-order valence-electron chi connectivity index (χ1n) is 12.0. The highest BCUT2D eigenvalue weighted by Crippen LogP contribution is 2.20. The van der Waals surface area contributed by atoms with E-state index in [2.05, 4.69) is 57.8 Å². The molecule has 0 aromatic heterocycles. The van der Waals surface area contributed by atoms with Gasteiger partial charge in [0.25, 0.3) is 5.91 Å². The fourth-order valence-electron chi connectivity index (χ4n) is 4.34. The van der Waals surface area contributed by atoms with E-state index < -0.39 is 0 Å². The number of likely N-dealkylation sites (tertiary alicyclic amines) is 1. The van der Waals surface area contributed by atoms with Gasteiger partial charge in [-0.3, -0.25) is 14.7 Å². The summed E-state index contributed by atoms with van der Waals surface area (Å²) in [6.07, 6.45) is 4.76. The van der Waals surface area contributed by atoms with E-state index in [0.717, 1.165) is 43.1 Å². The van der Waals surface area contributed by atoms with Gasteiger partial charge >= 0.3 is 0 Å². The normalized spacial score (nSPS) is 17.0. The first-order chi connectivity index (χ1) is 16.0. The highest BCUT2D eigenvalue weighted by molar-refractivity contribution is 5.94. The lowest BCUT2D eigenvalue weighted by molar-refractivity contribution is 0.0827. The maximum absolute atomic E-state index is 12.2. The van der Waals surface area contributed by atoms with Crippen LogP contribution >= 0.6 is 0 Å². The van der Waals surface area contributed by atoms with E-state index in [9.17, 15) is 4.79 Å². The second-order valence-corrected chi connectivity index (χ2v) is 9.09. The van der Waals surface area contributed by atoms with Gasteiger partial charge in [-0.25, -0.2) is 0 Å². The molecule has 2 aromatic rings. The fraction of sp³-hybridized carbons (Fsp3) is 0.481. The predicted octanol–water partition coefficient (Wildman–Crippen LogP) is 3.67. The van der Waals surface area contributed by atoms with Crippen LogP contribution in [-0.4, -0.2) is 61.9 Å². The van der Waals surface area contributed by atoms with Gasteiger partial charge in [0.05, 0.1) is 0 Å². The van der Waals surface area contributed by atoms with Gasteiger partial charge in [-0.15, -0.1) is 0 Å². The molecule has 3 rings (SSSR count). The third-order valence-electron chi connectivity index (χ3n) is 6.39. The second-order valence-electron chi connectivity index (χ2n) is 9.09. The highest BCUT2D eigenvalue weighted by Gasteiger charge is 2.19. The van der Waals surface area contributed by atoms with Crippen molar-refractivity contribution in [3.8, 4) is 0 Å². The largest absolute Gasteiger partial charge is 0.356 e. The molecule has 1 heterocycles. The van der Waals surface area contributed by atoms with Crippen LogP contribution in [0.25, 0.3) is 0 Å². The molecule has 0 spiro atoms. The van der Waals surface area contributed by atoms with E-state index in [4.69, 9.17) is 0 Å². The average molecular weight is 450 g/mol. The number of carbonyl (C=O) groups is 1. The van der Waals surface area contributed by atoms with Gasteiger partial charge in [0.1, 0.15) is 0 Å². The molecule has 1 aliphatic rings. The molecule has 1 amide bonds. The Morgan fingerprint density at radius 2 is 1.88 bits per heavy atom. The average Bonchev–Trinajstić information content (AvgIpc) is 2.83. The summed E-state index contributed by atoms with van der Waals surface area (Å²) in [6.45, 7) is 6.02. The molecule has 1 unspecified atom stereocenters. The SMILES string of the molecule is CN=C(NCCc1cccc(C(=O)N(C)C)c1)NCc1ccccc1CN1CCCCC1C. The Morgan fingerprint density at radius 1 is 1.09 bits per heavy atom. The van der Waals surface area contributed by atoms with Crippen molar-refractivity contribution in [1.82, 2.24) is 20.4 Å². The number of hydrogen-bond donors (Lipinski definition) is 2. The summed E-state index contributed by atoms with van der Waals surface area (Å²) in [5.74, 6) is 0.816. The molecule has 1 atom stereocenters. The molecule has 6 nitrogen and oxygen atoms in total. The smallest absolute Gasteiger partial charge is 0.253 e. The Bertz CT molecular complexity index is 940. The monoisotopic (exact) mass is 449 g/mol. The van der Waals surface area contributed by atoms with Gasteiger partial charge in [-0.05, 0) is 61.6 Å². The van der Waals surface area contributed by atoms with Crippen LogP contribution < -0.4 is 10.6 Å². The number of nitrogens with zero attached hydrogens (tertiary/aromatic N) is 3. The molecular weight excluding hydrogens is 410 g/mol. The lowest BCUT2D eigenvalue weighted by Crippen LogP contribution is -2.39. The zero-order chi connectivity index (χ0) is 23.6. The Kier molecular flexibility index (Phi) is 9.31. The maximum Gasteiger partial charge on any atom is 0.253 e. The van der Waals surface area contributed by atoms with E-state index in [1.807, 2.05) is 18.2 Å². The van der Waals surface area contributed by atoms with E-state index in [1.165, 1.54) is 36.9 Å². The number of amides is 1. The van der Waals surface area contributed by atoms with Crippen molar-refractivity contribution in [2.24, 2.45) is 4.99 Å². The minimum absolute atomic E-state index is 0.0277. The Balaban J connectivity index is 1.51. The summed E-state index contributed by atoms with van der Waals surface area (Å²) in [7, 11) is 5.35. The van der Waals surface area contributed by atoms with Crippen molar-refractivity contribution in [2.75, 3.05) is 34.2 Å². The maximum atomic E-state index is 12.2. The van der Waals surface area contributed by atoms with Crippen LogP contribution in [0, 0.1) is 0 Å². The number of aliphatic imine (C=N–C) groups is 1. The molecule has 1 aliphatic heterocycles. The van der Waals surface area contributed by atoms with Crippen molar-refractivity contribution in [2.45, 2.75) is 51.7 Å². The van der Waals surface area contributed by atoms with E-state index in [1.54, 1.807) is 26.0 Å². The fourth-order valence-corrected chi connectivity index (χ4v) is 4.34. The van der Waals surface area contributed by atoms with Crippen molar-refractivity contribution in [1.29, 1.82) is 0 Å². The Hall–Kier alpha value is -2.86. The molecule has 0 aliphatic carbocycles. The Morgan fingerprint density at radius 3 is 2.61 bits per heavy atom. The standard InChI is InChI=1S/C27H39N5O/c1-21-10-7-8-17-32(21)20-25-13-6-5-12-24(25)19-30-27(28-2)29-16-15-22-11-9-14-23(18-22)26(33)31(3)4/h5-6,9,11-14,18,21H,7-8,10,15-17,19-20H2,1-4H3,(H2,28,29,30). The van der Waals surface area contributed by atoms with E-state index in [-0.39, 0.29) is 5.91 Å². The van der Waals surface area contributed by atoms with Crippen molar-refractivity contribution in [3.63, 3.8) is 0 Å². The van der Waals surface area contributed by atoms with Crippen LogP contribution in [0.5, 0.6) is 0 Å². The molecule has 0 bridgehead atoms. The van der Waals surface area contributed by atoms with Crippen LogP contribution in [0.1, 0.15) is 53.2 Å². The van der Waals surface area contributed by atoms with Crippen LogP contribution in [0.4, 0.5) is 0 Å². The quantitative estimate of drug-likeness (QED) is 0.477. The van der Waals surface area contributed by atoms with Crippen molar-refractivity contribution in [3.05, 3.63) is 70.8 Å². The highest BCUT2D eigenvalue weighted by atomic mass is 16.2. The molecule has 2 N–H and O–H groups in total. The summed E-state index contributed by atoms with van der Waals surface area (Å²) >= 11 is 0. The van der Waals surface area contributed by atoms with Gasteiger partial charge in [0.2, 0.25) is 0 Å². The summed E-state index contributed by atoms with van der Waals surface area (Å²) in [6, 6.07) is 17.2. The third-order valence-corrected chi connectivity index (χ3v) is 6.39. The number of piperidine rings is 1. The molecule has 0 saturated carbocycles. The molecule has 6 heteroatoms. The molecular formula is C27H39N5O. The zero-order valence-corrected chi connectivity index (χ0v) is 20.6. The molecule has 0 radical (unpaired) electrons. The second kappa shape index (κ2) is 12.4. The predicted molar refractivity (Wildman–Crippen MR) is 137 cm³/mol. The molecule has 178 valence electrons. The number of rotatable bonds is 8. The summed E-state index contributed by atoms with van der Waals surface area (Å²) in [5, 5.41) is 6.87. The van der Waals surface area contributed by atoms with Gasteiger partial charge < -0.3 is 15.5 Å². The van der Waals surface area contributed by atoms with Crippen molar-refractivity contribution < 1.29 is 4.79 Å². The third kappa shape index (κ3) is 7.32. The van der Waals surface area contributed by atoms with Gasteiger partial charge in [-0.1, -0.05) is 42.8 Å². The van der Waals surface area contributed by atoms with Crippen LogP contribution in [0.3, 0.4) is 0 Å². The van der Waals surface area contributed by atoms with Crippen LogP contribution in [0.15, 0.2) is 53.5 Å². The Labute approximate surface area is 199 Å². The van der Waals surface area contributed by atoms with Crippen molar-refractivity contribution >= 4 is 11.9 Å². The number of guanidine groups is 1. The molecule has 1 fully saturated rings. The molecule has 2 aromatic carbocycles. The minimum Gasteiger partial charge on any atom is -0.356 e. The van der Waals surface area contributed by atoms with E-state index >= 15 is 0 Å². The molecule has 1 saturated heterocycles. The number of hydrogen-bond acceptors (Lipinski definition) is 3. The van der Waals surface area contributed by atoms with Crippen LogP contribution in [0.2, 0.25) is 0 Å². The number of benzene rings is 2. The van der Waals surface area contributed by atoms with Gasteiger partial charge in [0.15, 0.2) is 5.96 Å². The molecule has 33 heavy (non-hydrogen) atoms. The van der Waals surface area contributed by atoms with Gasteiger partial charge in [0, 0.05) is 52.4 Å². The minimum atomic E-state index is 0.0277. The lowest BCUT2D eigenvalue weighted by Gasteiger charge is -2.33. The first kappa shape index (κ1) is 24.8. The van der Waals surface area contributed by atoms with Gasteiger partial charge in [-0.2, -0.15) is 0 Å². The summed E-state index contributed by atoms with van der Waals surface area (Å²) in [5.41, 5.74) is 4.55. The first-order valence-corrected chi connectivity index (χ1v) is 12.0. The summed E-state index contributed by atoms with van der Waals surface area (Å²) in [4.78, 5) is 20.8. The zero-order valence-electron chi connectivity index (χ0n) is 20.6. The lowest BCUT2D eigenvalue weighted by atomic mass is 10.0. The summed E-state index contributed by atoms with van der Waals surface area (Å²) < 4.78 is 0. The van der Waals surface area contributed by atoms with Crippen LogP contribution in [-0.2, 0) is 19.5 Å².